The van der Waals surface area contributed by atoms with Crippen molar-refractivity contribution in [1.82, 2.24) is 4.90 Å². The molecule has 0 radical (unpaired) electrons. The number of Topliss-reactive ketones (excluding diaryl/α,β-unsaturated/α-hetero) is 1. The average molecular weight is 313 g/mol. The molecule has 0 atom stereocenters. The molecule has 0 aliphatic carbocycles. The number of hydrogen-bond donors (Lipinski definition) is 1. The largest absolute Gasteiger partial charge is 0.491 e. The lowest BCUT2D eigenvalue weighted by Gasteiger charge is -2.31. The first kappa shape index (κ1) is 18.0. The summed E-state index contributed by atoms with van der Waals surface area (Å²) >= 11 is 0. The second-order valence-electron chi connectivity index (χ2n) is 5.42. The zero-order valence-electron chi connectivity index (χ0n) is 12.6. The standard InChI is InChI=1S/C16H24N2O2.ClH/c1-13(19)15-4-2-3-5-16(15)20-11-10-18-8-6-14(12-17)7-9-18;/h2-5,14H,6-12,17H2,1H3;1H. The number of ketones is 1. The maximum Gasteiger partial charge on any atom is 0.163 e. The number of para-hydroxylation sites is 1. The zero-order chi connectivity index (χ0) is 14.4. The van der Waals surface area contributed by atoms with Crippen molar-refractivity contribution in [3.8, 4) is 5.75 Å². The molecular weight excluding hydrogens is 288 g/mol. The Kier molecular flexibility index (Phi) is 7.72. The van der Waals surface area contributed by atoms with E-state index in [1.54, 1.807) is 6.92 Å². The second-order valence-corrected chi connectivity index (χ2v) is 5.42. The minimum atomic E-state index is 0. The van der Waals surface area contributed by atoms with E-state index in [9.17, 15) is 4.79 Å². The molecule has 2 rings (SSSR count). The number of rotatable bonds is 6. The van der Waals surface area contributed by atoms with Crippen LogP contribution in [0.15, 0.2) is 24.3 Å². The summed E-state index contributed by atoms with van der Waals surface area (Å²) in [6.45, 7) is 6.09. The monoisotopic (exact) mass is 312 g/mol. The molecule has 0 bridgehead atoms. The maximum absolute atomic E-state index is 11.5. The highest BCUT2D eigenvalue weighted by atomic mass is 35.5. The Balaban J connectivity index is 0.00000220. The van der Waals surface area contributed by atoms with Crippen LogP contribution in [0.2, 0.25) is 0 Å². The molecule has 118 valence electrons. The number of hydrogen-bond acceptors (Lipinski definition) is 4. The Morgan fingerprint density at radius 2 is 2.00 bits per heavy atom. The van der Waals surface area contributed by atoms with E-state index >= 15 is 0 Å². The third-order valence-corrected chi connectivity index (χ3v) is 3.97. The van der Waals surface area contributed by atoms with Gasteiger partial charge in [0, 0.05) is 6.54 Å². The zero-order valence-corrected chi connectivity index (χ0v) is 13.4. The first-order valence-electron chi connectivity index (χ1n) is 7.36. The van der Waals surface area contributed by atoms with E-state index in [1.165, 1.54) is 12.8 Å². The van der Waals surface area contributed by atoms with Crippen molar-refractivity contribution >= 4 is 18.2 Å². The smallest absolute Gasteiger partial charge is 0.163 e. The lowest BCUT2D eigenvalue weighted by atomic mass is 9.97. The number of carbonyl (C=O) groups excluding carboxylic acids is 1. The molecule has 1 aliphatic rings. The summed E-state index contributed by atoms with van der Waals surface area (Å²) in [4.78, 5) is 13.9. The van der Waals surface area contributed by atoms with Crippen LogP contribution in [-0.4, -0.2) is 43.5 Å². The molecule has 0 unspecified atom stereocenters. The summed E-state index contributed by atoms with van der Waals surface area (Å²) in [5, 5.41) is 0. The van der Waals surface area contributed by atoms with E-state index in [0.717, 1.165) is 26.2 Å². The van der Waals surface area contributed by atoms with Gasteiger partial charge in [0.1, 0.15) is 12.4 Å². The summed E-state index contributed by atoms with van der Waals surface area (Å²) < 4.78 is 5.77. The molecule has 0 aromatic heterocycles. The highest BCUT2D eigenvalue weighted by Gasteiger charge is 2.17. The van der Waals surface area contributed by atoms with Crippen LogP contribution in [0.5, 0.6) is 5.75 Å². The topological polar surface area (TPSA) is 55.6 Å². The molecular formula is C16H25ClN2O2. The van der Waals surface area contributed by atoms with Crippen molar-refractivity contribution in [2.45, 2.75) is 19.8 Å². The van der Waals surface area contributed by atoms with E-state index in [2.05, 4.69) is 4.90 Å². The number of nitrogens with two attached hydrogens (primary N) is 1. The predicted molar refractivity (Wildman–Crippen MR) is 87.4 cm³/mol. The van der Waals surface area contributed by atoms with Gasteiger partial charge in [-0.05, 0) is 57.5 Å². The quantitative estimate of drug-likeness (QED) is 0.819. The lowest BCUT2D eigenvalue weighted by molar-refractivity contribution is 0.101. The SMILES string of the molecule is CC(=O)c1ccccc1OCCN1CCC(CN)CC1.Cl. The number of benzene rings is 1. The molecule has 0 spiro atoms. The molecule has 1 aromatic rings. The van der Waals surface area contributed by atoms with Gasteiger partial charge in [-0.1, -0.05) is 12.1 Å². The summed E-state index contributed by atoms with van der Waals surface area (Å²) in [6, 6.07) is 7.43. The average Bonchev–Trinajstić information content (AvgIpc) is 2.48. The minimum Gasteiger partial charge on any atom is -0.491 e. The molecule has 2 N–H and O–H groups in total. The van der Waals surface area contributed by atoms with Crippen molar-refractivity contribution in [3.05, 3.63) is 29.8 Å². The van der Waals surface area contributed by atoms with Crippen LogP contribution in [0.1, 0.15) is 30.1 Å². The van der Waals surface area contributed by atoms with Gasteiger partial charge < -0.3 is 10.5 Å². The van der Waals surface area contributed by atoms with E-state index in [4.69, 9.17) is 10.5 Å². The Hall–Kier alpha value is -1.10. The van der Waals surface area contributed by atoms with Crippen molar-refractivity contribution in [2.75, 3.05) is 32.8 Å². The van der Waals surface area contributed by atoms with Crippen LogP contribution < -0.4 is 10.5 Å². The first-order chi connectivity index (χ1) is 9.70. The molecule has 1 aliphatic heterocycles. The number of piperidine rings is 1. The van der Waals surface area contributed by atoms with Gasteiger partial charge in [-0.3, -0.25) is 9.69 Å². The van der Waals surface area contributed by atoms with E-state index in [1.807, 2.05) is 24.3 Å². The molecule has 21 heavy (non-hydrogen) atoms. The summed E-state index contributed by atoms with van der Waals surface area (Å²) in [5.41, 5.74) is 6.36. The van der Waals surface area contributed by atoms with Gasteiger partial charge in [-0.2, -0.15) is 0 Å². The fraction of sp³-hybridized carbons (Fsp3) is 0.562. The minimum absolute atomic E-state index is 0. The predicted octanol–water partition coefficient (Wildman–Crippen LogP) is 2.36. The Morgan fingerprint density at radius 1 is 1.33 bits per heavy atom. The van der Waals surface area contributed by atoms with Gasteiger partial charge in [-0.25, -0.2) is 0 Å². The number of carbonyl (C=O) groups is 1. The Bertz CT molecular complexity index is 446. The van der Waals surface area contributed by atoms with E-state index < -0.39 is 0 Å². The third kappa shape index (κ3) is 5.30. The van der Waals surface area contributed by atoms with Crippen molar-refractivity contribution in [3.63, 3.8) is 0 Å². The van der Waals surface area contributed by atoms with E-state index in [0.29, 0.717) is 23.8 Å². The van der Waals surface area contributed by atoms with Gasteiger partial charge in [0.25, 0.3) is 0 Å². The number of halogens is 1. The molecule has 1 heterocycles. The van der Waals surface area contributed by atoms with Crippen LogP contribution in [0, 0.1) is 5.92 Å². The summed E-state index contributed by atoms with van der Waals surface area (Å²) in [6.07, 6.45) is 2.36. The number of ether oxygens (including phenoxy) is 1. The molecule has 1 saturated heterocycles. The van der Waals surface area contributed by atoms with Gasteiger partial charge in [0.15, 0.2) is 5.78 Å². The maximum atomic E-state index is 11.5. The highest BCUT2D eigenvalue weighted by molar-refractivity contribution is 5.96. The second kappa shape index (κ2) is 9.03. The normalized spacial score (nSPS) is 16.3. The molecule has 0 amide bonds. The van der Waals surface area contributed by atoms with Crippen LogP contribution in [0.3, 0.4) is 0 Å². The van der Waals surface area contributed by atoms with Crippen molar-refractivity contribution in [1.29, 1.82) is 0 Å². The van der Waals surface area contributed by atoms with Crippen LogP contribution in [0.25, 0.3) is 0 Å². The summed E-state index contributed by atoms with van der Waals surface area (Å²) in [5.74, 6) is 1.42. The van der Waals surface area contributed by atoms with Crippen LogP contribution >= 0.6 is 12.4 Å². The van der Waals surface area contributed by atoms with Gasteiger partial charge in [0.05, 0.1) is 5.56 Å². The Morgan fingerprint density at radius 3 is 2.62 bits per heavy atom. The molecule has 4 nitrogen and oxygen atoms in total. The van der Waals surface area contributed by atoms with E-state index in [-0.39, 0.29) is 18.2 Å². The molecule has 0 saturated carbocycles. The fourth-order valence-corrected chi connectivity index (χ4v) is 2.61. The fourth-order valence-electron chi connectivity index (χ4n) is 2.61. The number of likely N-dealkylation sites (tertiary alicyclic amines) is 1. The summed E-state index contributed by atoms with van der Waals surface area (Å²) in [7, 11) is 0. The van der Waals surface area contributed by atoms with Crippen LogP contribution in [0.4, 0.5) is 0 Å². The Labute approximate surface area is 133 Å². The molecule has 1 aromatic carbocycles. The van der Waals surface area contributed by atoms with Gasteiger partial charge >= 0.3 is 0 Å². The number of nitrogens with zero attached hydrogens (tertiary/aromatic N) is 1. The van der Waals surface area contributed by atoms with Crippen LogP contribution in [-0.2, 0) is 0 Å². The lowest BCUT2D eigenvalue weighted by Crippen LogP contribution is -2.38. The van der Waals surface area contributed by atoms with Gasteiger partial charge in [0.2, 0.25) is 0 Å². The first-order valence-corrected chi connectivity index (χ1v) is 7.36. The van der Waals surface area contributed by atoms with Crippen molar-refractivity contribution in [2.24, 2.45) is 11.7 Å². The van der Waals surface area contributed by atoms with Gasteiger partial charge in [-0.15, -0.1) is 12.4 Å². The molecule has 5 heteroatoms. The molecule has 1 fully saturated rings. The van der Waals surface area contributed by atoms with Crippen molar-refractivity contribution < 1.29 is 9.53 Å². The third-order valence-electron chi connectivity index (χ3n) is 3.97. The highest BCUT2D eigenvalue weighted by Crippen LogP contribution is 2.19.